The van der Waals surface area contributed by atoms with Gasteiger partial charge in [-0.05, 0) is 61.7 Å². The average molecular weight is 381 g/mol. The minimum absolute atomic E-state index is 0.107. The van der Waals surface area contributed by atoms with Crippen LogP contribution in [-0.4, -0.2) is 48.0 Å². The van der Waals surface area contributed by atoms with Crippen LogP contribution in [0.1, 0.15) is 34.3 Å². The third-order valence-corrected chi connectivity index (χ3v) is 4.93. The Labute approximate surface area is 165 Å². The topological polar surface area (TPSA) is 86.4 Å². The molecule has 3 rings (SSSR count). The van der Waals surface area contributed by atoms with Crippen molar-refractivity contribution in [2.45, 2.75) is 32.4 Å². The number of likely N-dealkylation sites (tertiary alicyclic amines) is 1. The number of hydrogen-bond acceptors (Lipinski definition) is 4. The monoisotopic (exact) mass is 381 g/mol. The van der Waals surface area contributed by atoms with Gasteiger partial charge < -0.3 is 16.0 Å². The van der Waals surface area contributed by atoms with Crippen LogP contribution in [0.4, 0.5) is 10.5 Å². The summed E-state index contributed by atoms with van der Waals surface area (Å²) in [7, 11) is 1.60. The number of rotatable bonds is 5. The van der Waals surface area contributed by atoms with Gasteiger partial charge in [0.25, 0.3) is 5.91 Å². The van der Waals surface area contributed by atoms with Crippen LogP contribution in [0.15, 0.2) is 42.7 Å². The summed E-state index contributed by atoms with van der Waals surface area (Å²) in [5, 5.41) is 8.57. The van der Waals surface area contributed by atoms with E-state index in [9.17, 15) is 9.59 Å². The summed E-state index contributed by atoms with van der Waals surface area (Å²) >= 11 is 0. The summed E-state index contributed by atoms with van der Waals surface area (Å²) in [6.45, 7) is 4.55. The molecule has 1 aromatic carbocycles. The lowest BCUT2D eigenvalue weighted by atomic mass is 10.1. The lowest BCUT2D eigenvalue weighted by Gasteiger charge is -2.33. The average Bonchev–Trinajstić information content (AvgIpc) is 2.70. The summed E-state index contributed by atoms with van der Waals surface area (Å²) in [6, 6.07) is 9.14. The predicted octanol–water partition coefficient (Wildman–Crippen LogP) is 2.54. The molecule has 2 aromatic rings. The molecule has 1 unspecified atom stereocenters. The van der Waals surface area contributed by atoms with Crippen molar-refractivity contribution in [1.29, 1.82) is 0 Å². The molecule has 1 aliphatic rings. The van der Waals surface area contributed by atoms with Gasteiger partial charge in [0.15, 0.2) is 0 Å². The first kappa shape index (κ1) is 19.8. The maximum absolute atomic E-state index is 12.4. The molecule has 2 heterocycles. The van der Waals surface area contributed by atoms with Crippen LogP contribution in [0.5, 0.6) is 0 Å². The van der Waals surface area contributed by atoms with Gasteiger partial charge in [0.05, 0.1) is 0 Å². The second-order valence-electron chi connectivity index (χ2n) is 7.14. The molecule has 1 aliphatic heterocycles. The summed E-state index contributed by atoms with van der Waals surface area (Å²) in [4.78, 5) is 30.7. The first-order valence-electron chi connectivity index (χ1n) is 9.56. The van der Waals surface area contributed by atoms with Gasteiger partial charge in [-0.2, -0.15) is 0 Å². The van der Waals surface area contributed by atoms with E-state index in [2.05, 4.69) is 31.9 Å². The maximum Gasteiger partial charge on any atom is 0.319 e. The second-order valence-corrected chi connectivity index (χ2v) is 7.14. The van der Waals surface area contributed by atoms with E-state index < -0.39 is 0 Å². The molecule has 3 N–H and O–H groups in total. The number of aromatic nitrogens is 1. The summed E-state index contributed by atoms with van der Waals surface area (Å²) in [5.41, 5.74) is 3.30. The number of nitrogens with zero attached hydrogens (tertiary/aromatic N) is 2. The largest absolute Gasteiger partial charge is 0.355 e. The maximum atomic E-state index is 12.4. The van der Waals surface area contributed by atoms with Crippen molar-refractivity contribution in [1.82, 2.24) is 20.5 Å². The number of pyridine rings is 1. The predicted molar refractivity (Wildman–Crippen MR) is 109 cm³/mol. The summed E-state index contributed by atoms with van der Waals surface area (Å²) in [6.07, 6.45) is 5.67. The van der Waals surface area contributed by atoms with E-state index in [1.165, 1.54) is 5.56 Å². The van der Waals surface area contributed by atoms with Crippen LogP contribution in [0.2, 0.25) is 0 Å². The SMILES string of the molecule is CNC(=O)c1ccc(NC(=O)NC2CCCN(Cc3cccnc3)C2)c(C)c1. The third-order valence-electron chi connectivity index (χ3n) is 4.93. The van der Waals surface area contributed by atoms with Crippen molar-refractivity contribution in [3.63, 3.8) is 0 Å². The van der Waals surface area contributed by atoms with Gasteiger partial charge in [-0.3, -0.25) is 14.7 Å². The molecule has 0 bridgehead atoms. The fraction of sp³-hybridized carbons (Fsp3) is 0.381. The Kier molecular flexibility index (Phi) is 6.60. The standard InChI is InChI=1S/C21H27N5O2/c1-15-11-17(20(27)22-2)7-8-19(15)25-21(28)24-18-6-4-10-26(14-18)13-16-5-3-9-23-12-16/h3,5,7-9,11-12,18H,4,6,10,13-14H2,1-2H3,(H,22,27)(H2,24,25,28). The number of carbonyl (C=O) groups is 2. The van der Waals surface area contributed by atoms with Crippen molar-refractivity contribution in [2.24, 2.45) is 0 Å². The Bertz CT molecular complexity index is 825. The van der Waals surface area contributed by atoms with Gasteiger partial charge in [0.2, 0.25) is 0 Å². The molecule has 0 saturated carbocycles. The van der Waals surface area contributed by atoms with E-state index in [0.29, 0.717) is 11.3 Å². The van der Waals surface area contributed by atoms with Gasteiger partial charge in [-0.15, -0.1) is 0 Å². The van der Waals surface area contributed by atoms with E-state index in [0.717, 1.165) is 38.0 Å². The molecule has 1 fully saturated rings. The van der Waals surface area contributed by atoms with Gasteiger partial charge >= 0.3 is 6.03 Å². The minimum atomic E-state index is -0.218. The van der Waals surface area contributed by atoms with Gasteiger partial charge in [-0.1, -0.05) is 6.07 Å². The number of carbonyl (C=O) groups excluding carboxylic acids is 2. The highest BCUT2D eigenvalue weighted by Crippen LogP contribution is 2.17. The van der Waals surface area contributed by atoms with Crippen LogP contribution in [0.3, 0.4) is 0 Å². The number of benzene rings is 1. The van der Waals surface area contributed by atoms with Crippen LogP contribution in [-0.2, 0) is 6.54 Å². The highest BCUT2D eigenvalue weighted by atomic mass is 16.2. The first-order chi connectivity index (χ1) is 13.5. The van der Waals surface area contributed by atoms with Crippen molar-refractivity contribution < 1.29 is 9.59 Å². The van der Waals surface area contributed by atoms with E-state index in [1.807, 2.05) is 19.2 Å². The number of aryl methyl sites for hydroxylation is 1. The van der Waals surface area contributed by atoms with E-state index in [4.69, 9.17) is 0 Å². The van der Waals surface area contributed by atoms with Gasteiger partial charge in [-0.25, -0.2) is 4.79 Å². The molecule has 3 amide bonds. The number of piperidine rings is 1. The molecule has 0 spiro atoms. The molecular weight excluding hydrogens is 354 g/mol. The second kappa shape index (κ2) is 9.32. The minimum Gasteiger partial charge on any atom is -0.355 e. The normalized spacial score (nSPS) is 17.0. The Hall–Kier alpha value is -2.93. The molecule has 1 saturated heterocycles. The van der Waals surface area contributed by atoms with Gasteiger partial charge in [0, 0.05) is 49.8 Å². The molecule has 1 aromatic heterocycles. The molecule has 148 valence electrons. The summed E-state index contributed by atoms with van der Waals surface area (Å²) < 4.78 is 0. The van der Waals surface area contributed by atoms with Crippen molar-refractivity contribution >= 4 is 17.6 Å². The lowest BCUT2D eigenvalue weighted by molar-refractivity contribution is 0.0963. The van der Waals surface area contributed by atoms with Crippen LogP contribution >= 0.6 is 0 Å². The Morgan fingerprint density at radius 1 is 1.29 bits per heavy atom. The van der Waals surface area contributed by atoms with Crippen LogP contribution in [0, 0.1) is 6.92 Å². The van der Waals surface area contributed by atoms with Gasteiger partial charge in [0.1, 0.15) is 0 Å². The van der Waals surface area contributed by atoms with Crippen molar-refractivity contribution in [2.75, 3.05) is 25.5 Å². The number of nitrogens with one attached hydrogen (secondary N) is 3. The molecule has 1 atom stereocenters. The first-order valence-corrected chi connectivity index (χ1v) is 9.56. The number of anilines is 1. The Morgan fingerprint density at radius 3 is 2.86 bits per heavy atom. The van der Waals surface area contributed by atoms with E-state index in [1.54, 1.807) is 31.4 Å². The highest BCUT2D eigenvalue weighted by molar-refractivity contribution is 5.96. The fourth-order valence-corrected chi connectivity index (χ4v) is 3.50. The van der Waals surface area contributed by atoms with Crippen molar-refractivity contribution in [3.05, 3.63) is 59.4 Å². The molecule has 7 nitrogen and oxygen atoms in total. The fourth-order valence-electron chi connectivity index (χ4n) is 3.50. The molecule has 28 heavy (non-hydrogen) atoms. The molecule has 7 heteroatoms. The number of amides is 3. The van der Waals surface area contributed by atoms with Crippen molar-refractivity contribution in [3.8, 4) is 0 Å². The zero-order chi connectivity index (χ0) is 19.9. The number of hydrogen-bond donors (Lipinski definition) is 3. The zero-order valence-electron chi connectivity index (χ0n) is 16.4. The van der Waals surface area contributed by atoms with Crippen LogP contribution < -0.4 is 16.0 Å². The zero-order valence-corrected chi connectivity index (χ0v) is 16.4. The quantitative estimate of drug-likeness (QED) is 0.743. The summed E-state index contributed by atoms with van der Waals surface area (Å²) in [5.74, 6) is -0.144. The Balaban J connectivity index is 1.53. The molecule has 0 radical (unpaired) electrons. The molecule has 0 aliphatic carbocycles. The molecular formula is C21H27N5O2. The third kappa shape index (κ3) is 5.29. The van der Waals surface area contributed by atoms with Crippen LogP contribution in [0.25, 0.3) is 0 Å². The smallest absolute Gasteiger partial charge is 0.319 e. The number of urea groups is 1. The van der Waals surface area contributed by atoms with E-state index >= 15 is 0 Å². The van der Waals surface area contributed by atoms with E-state index in [-0.39, 0.29) is 18.0 Å². The lowest BCUT2D eigenvalue weighted by Crippen LogP contribution is -2.48. The Morgan fingerprint density at radius 2 is 2.14 bits per heavy atom. The highest BCUT2D eigenvalue weighted by Gasteiger charge is 2.21.